The zero-order chi connectivity index (χ0) is 16.4. The van der Waals surface area contributed by atoms with Gasteiger partial charge in [-0.05, 0) is 30.3 Å². The number of hydrogen-bond acceptors (Lipinski definition) is 6. The number of benzene rings is 1. The van der Waals surface area contributed by atoms with E-state index in [0.717, 1.165) is 0 Å². The molecule has 110 valence electrons. The molecule has 2 aromatic heterocycles. The van der Waals surface area contributed by atoms with Gasteiger partial charge in [0.05, 0.1) is 10.3 Å². The lowest BCUT2D eigenvalue weighted by Crippen LogP contribution is -2.01. The first-order valence-corrected chi connectivity index (χ1v) is 7.32. The SMILES string of the molecule is N#CC(C#N)=Cc1ccc(-c2oc3ccccc3c(=O)c2O)s1. The Morgan fingerprint density at radius 1 is 1.17 bits per heavy atom. The van der Waals surface area contributed by atoms with Crippen molar-refractivity contribution in [1.82, 2.24) is 0 Å². The van der Waals surface area contributed by atoms with E-state index in [0.29, 0.717) is 20.7 Å². The lowest BCUT2D eigenvalue weighted by molar-refractivity contribution is 0.449. The van der Waals surface area contributed by atoms with Crippen LogP contribution in [-0.4, -0.2) is 5.11 Å². The molecule has 3 aromatic rings. The van der Waals surface area contributed by atoms with Gasteiger partial charge in [0.1, 0.15) is 23.3 Å². The summed E-state index contributed by atoms with van der Waals surface area (Å²) >= 11 is 1.21. The Labute approximate surface area is 134 Å². The average molecular weight is 320 g/mol. The smallest absolute Gasteiger partial charge is 0.235 e. The molecule has 0 atom stereocenters. The molecule has 0 spiro atoms. The van der Waals surface area contributed by atoms with E-state index in [-0.39, 0.29) is 11.3 Å². The van der Waals surface area contributed by atoms with E-state index in [4.69, 9.17) is 14.9 Å². The number of fused-ring (bicyclic) bond motifs is 1. The van der Waals surface area contributed by atoms with Crippen molar-refractivity contribution in [2.24, 2.45) is 0 Å². The van der Waals surface area contributed by atoms with E-state index in [1.807, 2.05) is 0 Å². The van der Waals surface area contributed by atoms with Crippen molar-refractivity contribution in [2.75, 3.05) is 0 Å². The molecule has 0 amide bonds. The van der Waals surface area contributed by atoms with Gasteiger partial charge >= 0.3 is 0 Å². The summed E-state index contributed by atoms with van der Waals surface area (Å²) in [4.78, 5) is 13.4. The molecule has 0 saturated heterocycles. The Bertz CT molecular complexity index is 1060. The third-order valence-corrected chi connectivity index (χ3v) is 4.18. The van der Waals surface area contributed by atoms with Crippen molar-refractivity contribution >= 4 is 28.4 Å². The van der Waals surface area contributed by atoms with Gasteiger partial charge in [0, 0.05) is 4.88 Å². The fraction of sp³-hybridized carbons (Fsp3) is 0. The normalized spacial score (nSPS) is 10.0. The first-order chi connectivity index (χ1) is 11.1. The average Bonchev–Trinajstić information content (AvgIpc) is 3.04. The maximum atomic E-state index is 12.2. The van der Waals surface area contributed by atoms with Gasteiger partial charge in [0.2, 0.25) is 11.2 Å². The predicted molar refractivity (Wildman–Crippen MR) is 86.7 cm³/mol. The predicted octanol–water partition coefficient (Wildman–Crippen LogP) is 3.66. The highest BCUT2D eigenvalue weighted by Gasteiger charge is 2.16. The zero-order valence-corrected chi connectivity index (χ0v) is 12.4. The number of rotatable bonds is 2. The van der Waals surface area contributed by atoms with Gasteiger partial charge < -0.3 is 9.52 Å². The summed E-state index contributed by atoms with van der Waals surface area (Å²) in [6, 6.07) is 13.6. The van der Waals surface area contributed by atoms with Gasteiger partial charge in [-0.15, -0.1) is 11.3 Å². The molecule has 0 aliphatic carbocycles. The second-order valence-corrected chi connectivity index (χ2v) is 5.70. The van der Waals surface area contributed by atoms with Gasteiger partial charge in [0.15, 0.2) is 5.76 Å². The van der Waals surface area contributed by atoms with Crippen LogP contribution >= 0.6 is 11.3 Å². The summed E-state index contributed by atoms with van der Waals surface area (Å²) < 4.78 is 5.64. The van der Waals surface area contributed by atoms with Gasteiger partial charge in [-0.1, -0.05) is 12.1 Å². The molecule has 0 radical (unpaired) electrons. The molecule has 6 heteroatoms. The summed E-state index contributed by atoms with van der Waals surface area (Å²) in [5, 5.41) is 28.0. The maximum absolute atomic E-state index is 12.2. The standard InChI is InChI=1S/C17H8N2O3S/c18-8-10(9-19)7-11-5-6-14(23-11)17-16(21)15(20)12-3-1-2-4-13(12)22-17/h1-7,21H. The first-order valence-electron chi connectivity index (χ1n) is 6.51. The summed E-state index contributed by atoms with van der Waals surface area (Å²) in [5.74, 6) is -0.379. The zero-order valence-electron chi connectivity index (χ0n) is 11.6. The Morgan fingerprint density at radius 2 is 1.91 bits per heavy atom. The van der Waals surface area contributed by atoms with Crippen molar-refractivity contribution < 1.29 is 9.52 Å². The molecule has 0 fully saturated rings. The molecule has 3 rings (SSSR count). The van der Waals surface area contributed by atoms with E-state index >= 15 is 0 Å². The van der Waals surface area contributed by atoms with Crippen molar-refractivity contribution in [3.8, 4) is 28.5 Å². The van der Waals surface area contributed by atoms with E-state index in [2.05, 4.69) is 0 Å². The summed E-state index contributed by atoms with van der Waals surface area (Å²) in [6.07, 6.45) is 1.43. The molecule has 23 heavy (non-hydrogen) atoms. The quantitative estimate of drug-likeness (QED) is 0.727. The molecule has 0 aliphatic heterocycles. The minimum absolute atomic E-state index is 0.0254. The molecule has 0 bridgehead atoms. The van der Waals surface area contributed by atoms with Gasteiger partial charge in [-0.25, -0.2) is 0 Å². The summed E-state index contributed by atoms with van der Waals surface area (Å²) in [6.45, 7) is 0. The molecule has 0 unspecified atom stereocenters. The fourth-order valence-electron chi connectivity index (χ4n) is 2.08. The van der Waals surface area contributed by atoms with Crippen molar-refractivity contribution in [3.63, 3.8) is 0 Å². The molecule has 1 aromatic carbocycles. The molecular formula is C17H8N2O3S. The minimum atomic E-state index is -0.498. The molecule has 5 nitrogen and oxygen atoms in total. The molecule has 0 saturated carbocycles. The number of aromatic hydroxyl groups is 1. The highest BCUT2D eigenvalue weighted by atomic mass is 32.1. The first kappa shape index (κ1) is 14.6. The largest absolute Gasteiger partial charge is 0.501 e. The topological polar surface area (TPSA) is 98.0 Å². The van der Waals surface area contributed by atoms with Gasteiger partial charge in [0.25, 0.3) is 0 Å². The number of thiophene rings is 1. The summed E-state index contributed by atoms with van der Waals surface area (Å²) in [7, 11) is 0. The third-order valence-electron chi connectivity index (χ3n) is 3.15. The van der Waals surface area contributed by atoms with Crippen LogP contribution in [0.4, 0.5) is 0 Å². The fourth-order valence-corrected chi connectivity index (χ4v) is 3.02. The molecule has 1 N–H and O–H groups in total. The Morgan fingerprint density at radius 3 is 2.65 bits per heavy atom. The lowest BCUT2D eigenvalue weighted by atomic mass is 10.2. The number of nitrogens with zero attached hydrogens (tertiary/aromatic N) is 2. The van der Waals surface area contributed by atoms with Crippen LogP contribution in [0.2, 0.25) is 0 Å². The van der Waals surface area contributed by atoms with Crippen molar-refractivity contribution in [2.45, 2.75) is 0 Å². The number of nitriles is 2. The van der Waals surface area contributed by atoms with E-state index in [9.17, 15) is 9.90 Å². The lowest BCUT2D eigenvalue weighted by Gasteiger charge is -2.03. The Hall–Kier alpha value is -3.35. The van der Waals surface area contributed by atoms with Gasteiger partial charge in [-0.3, -0.25) is 4.79 Å². The van der Waals surface area contributed by atoms with Crippen LogP contribution in [0, 0.1) is 22.7 Å². The second-order valence-electron chi connectivity index (χ2n) is 4.59. The molecule has 2 heterocycles. The Kier molecular flexibility index (Phi) is 3.68. The number of para-hydroxylation sites is 1. The van der Waals surface area contributed by atoms with Crippen LogP contribution in [-0.2, 0) is 0 Å². The van der Waals surface area contributed by atoms with Gasteiger partial charge in [-0.2, -0.15) is 10.5 Å². The van der Waals surface area contributed by atoms with Crippen molar-refractivity contribution in [3.05, 3.63) is 57.1 Å². The van der Waals surface area contributed by atoms with Crippen LogP contribution in [0.25, 0.3) is 27.7 Å². The van der Waals surface area contributed by atoms with E-state index in [1.165, 1.54) is 17.4 Å². The van der Waals surface area contributed by atoms with Crippen LogP contribution in [0.15, 0.2) is 51.2 Å². The van der Waals surface area contributed by atoms with E-state index < -0.39 is 11.2 Å². The highest BCUT2D eigenvalue weighted by Crippen LogP contribution is 2.35. The van der Waals surface area contributed by atoms with E-state index in [1.54, 1.807) is 48.5 Å². The second kappa shape index (κ2) is 5.80. The number of hydrogen-bond donors (Lipinski definition) is 1. The van der Waals surface area contributed by atoms with Crippen molar-refractivity contribution in [1.29, 1.82) is 10.5 Å². The maximum Gasteiger partial charge on any atom is 0.235 e. The number of allylic oxidation sites excluding steroid dienone is 1. The van der Waals surface area contributed by atoms with Crippen LogP contribution in [0.5, 0.6) is 5.75 Å². The van der Waals surface area contributed by atoms with Crippen LogP contribution in [0.3, 0.4) is 0 Å². The molecule has 0 aliphatic rings. The third kappa shape index (κ3) is 2.59. The van der Waals surface area contributed by atoms with Crippen LogP contribution in [0.1, 0.15) is 4.88 Å². The minimum Gasteiger partial charge on any atom is -0.501 e. The summed E-state index contributed by atoms with van der Waals surface area (Å²) in [5.41, 5.74) is -0.143. The molecular weight excluding hydrogens is 312 g/mol. The highest BCUT2D eigenvalue weighted by molar-refractivity contribution is 7.16. The Balaban J connectivity index is 2.16. The van der Waals surface area contributed by atoms with Crippen LogP contribution < -0.4 is 5.43 Å². The monoisotopic (exact) mass is 320 g/mol.